The molecule has 1 unspecified atom stereocenters. The minimum Gasteiger partial charge on any atom is -0.355 e. The van der Waals surface area contributed by atoms with Crippen LogP contribution in [0.4, 0.5) is 13.2 Å². The molecule has 0 bridgehead atoms. The molecule has 0 fully saturated rings. The normalized spacial score (nSPS) is 14.9. The molecule has 1 rings (SSSR count). The molecule has 1 heterocycles. The van der Waals surface area contributed by atoms with Crippen LogP contribution in [0, 0.1) is 0 Å². The van der Waals surface area contributed by atoms with Crippen molar-refractivity contribution in [2.45, 2.75) is 19.1 Å². The number of nitrogens with two attached hydrogens (primary N) is 1. The lowest BCUT2D eigenvalue weighted by molar-refractivity contribution is -0.147. The molecule has 9 heteroatoms. The Hall–Kier alpha value is -0.830. The van der Waals surface area contributed by atoms with E-state index in [-0.39, 0.29) is 5.84 Å². The maximum Gasteiger partial charge on any atom is 0.408 e. The van der Waals surface area contributed by atoms with E-state index < -0.39 is 12.2 Å². The summed E-state index contributed by atoms with van der Waals surface area (Å²) in [4.78, 5) is 3.91. The molecule has 0 amide bonds. The van der Waals surface area contributed by atoms with Crippen LogP contribution in [0.3, 0.4) is 0 Å². The van der Waals surface area contributed by atoms with E-state index in [2.05, 4.69) is 31.3 Å². The fourth-order valence-corrected chi connectivity index (χ4v) is 2.02. The minimum atomic E-state index is -4.36. The summed E-state index contributed by atoms with van der Waals surface area (Å²) in [5, 5.41) is 7.34. The van der Waals surface area contributed by atoms with Gasteiger partial charge in [0.15, 0.2) is 10.8 Å². The number of alkyl halides is 3. The Morgan fingerprint density at radius 2 is 2.31 bits per heavy atom. The van der Waals surface area contributed by atoms with Crippen molar-refractivity contribution in [2.24, 2.45) is 10.9 Å². The number of halogens is 4. The number of rotatable bonds is 2. The third kappa shape index (κ3) is 3.34. The predicted molar refractivity (Wildman–Crippen MR) is 59.2 cm³/mol. The molecule has 0 aliphatic heterocycles. The SMILES string of the molecule is CC(NC(=NN)c1nc(Br)cs1)C(F)(F)F. The Labute approximate surface area is 102 Å². The van der Waals surface area contributed by atoms with E-state index in [1.165, 1.54) is 0 Å². The Kier molecular flexibility index (Phi) is 4.14. The Bertz CT molecular complexity index is 389. The second kappa shape index (κ2) is 5.00. The molecule has 0 aromatic carbocycles. The van der Waals surface area contributed by atoms with Gasteiger partial charge in [-0.3, -0.25) is 0 Å². The number of aromatic nitrogens is 1. The maximum absolute atomic E-state index is 12.3. The molecule has 0 spiro atoms. The smallest absolute Gasteiger partial charge is 0.355 e. The van der Waals surface area contributed by atoms with Crippen LogP contribution >= 0.6 is 27.3 Å². The van der Waals surface area contributed by atoms with Gasteiger partial charge < -0.3 is 11.2 Å². The van der Waals surface area contributed by atoms with Crippen LogP contribution in [-0.2, 0) is 0 Å². The van der Waals surface area contributed by atoms with Crippen LogP contribution in [0.25, 0.3) is 0 Å². The number of hydrogen-bond donors (Lipinski definition) is 2. The van der Waals surface area contributed by atoms with Crippen molar-refractivity contribution in [3.63, 3.8) is 0 Å². The van der Waals surface area contributed by atoms with Crippen molar-refractivity contribution in [1.82, 2.24) is 10.3 Å². The monoisotopic (exact) mass is 316 g/mol. The lowest BCUT2D eigenvalue weighted by atomic mass is 10.3. The van der Waals surface area contributed by atoms with Crippen LogP contribution in [0.1, 0.15) is 11.9 Å². The van der Waals surface area contributed by atoms with Crippen molar-refractivity contribution in [3.8, 4) is 0 Å². The summed E-state index contributed by atoms with van der Waals surface area (Å²) in [7, 11) is 0. The summed E-state index contributed by atoms with van der Waals surface area (Å²) in [5.41, 5.74) is 0. The predicted octanol–water partition coefficient (Wildman–Crippen LogP) is 2.07. The van der Waals surface area contributed by atoms with Gasteiger partial charge in [-0.15, -0.1) is 11.3 Å². The molecular weight excluding hydrogens is 309 g/mol. The topological polar surface area (TPSA) is 63.3 Å². The standard InChI is InChI=1S/C7H8BrF3N4S/c1-3(7(9,10)11)13-5(15-12)6-14-4(8)2-16-6/h2-3H,12H2,1H3,(H,13,15). The highest BCUT2D eigenvalue weighted by molar-refractivity contribution is 9.10. The van der Waals surface area contributed by atoms with Crippen molar-refractivity contribution >= 4 is 33.1 Å². The van der Waals surface area contributed by atoms with Gasteiger partial charge in [0.1, 0.15) is 10.6 Å². The van der Waals surface area contributed by atoms with Crippen LogP contribution in [0.2, 0.25) is 0 Å². The highest BCUT2D eigenvalue weighted by Gasteiger charge is 2.37. The Balaban J connectivity index is 2.79. The van der Waals surface area contributed by atoms with Gasteiger partial charge in [0.25, 0.3) is 0 Å². The van der Waals surface area contributed by atoms with E-state index in [0.29, 0.717) is 9.61 Å². The molecule has 0 saturated carbocycles. The summed E-state index contributed by atoms with van der Waals surface area (Å²) < 4.78 is 37.4. The van der Waals surface area contributed by atoms with Gasteiger partial charge in [0.2, 0.25) is 0 Å². The van der Waals surface area contributed by atoms with Crippen LogP contribution in [-0.4, -0.2) is 23.0 Å². The Morgan fingerprint density at radius 1 is 1.69 bits per heavy atom. The van der Waals surface area contributed by atoms with Gasteiger partial charge in [0.05, 0.1) is 0 Å². The van der Waals surface area contributed by atoms with Gasteiger partial charge >= 0.3 is 6.18 Å². The number of hydrazone groups is 1. The number of hydrogen-bond acceptors (Lipinski definition) is 4. The fraction of sp³-hybridized carbons (Fsp3) is 0.429. The first kappa shape index (κ1) is 13.2. The average Bonchev–Trinajstić information content (AvgIpc) is 2.59. The van der Waals surface area contributed by atoms with Crippen LogP contribution < -0.4 is 11.2 Å². The third-order valence-electron chi connectivity index (χ3n) is 1.65. The molecular formula is C7H8BrF3N4S. The van der Waals surface area contributed by atoms with E-state index in [4.69, 9.17) is 5.84 Å². The molecule has 1 atom stereocenters. The zero-order chi connectivity index (χ0) is 12.3. The van der Waals surface area contributed by atoms with Crippen molar-refractivity contribution in [3.05, 3.63) is 15.0 Å². The zero-order valence-corrected chi connectivity index (χ0v) is 10.4. The fourth-order valence-electron chi connectivity index (χ4n) is 0.804. The summed E-state index contributed by atoms with van der Waals surface area (Å²) >= 11 is 4.23. The van der Waals surface area contributed by atoms with Gasteiger partial charge in [-0.25, -0.2) is 4.98 Å². The molecule has 0 radical (unpaired) electrons. The van der Waals surface area contributed by atoms with Gasteiger partial charge in [-0.05, 0) is 22.9 Å². The Morgan fingerprint density at radius 3 is 2.69 bits per heavy atom. The van der Waals surface area contributed by atoms with E-state index in [1.807, 2.05) is 0 Å². The van der Waals surface area contributed by atoms with E-state index in [1.54, 1.807) is 5.38 Å². The molecule has 3 N–H and O–H groups in total. The first-order valence-corrected chi connectivity index (χ1v) is 5.74. The number of nitrogens with zero attached hydrogens (tertiary/aromatic N) is 2. The van der Waals surface area contributed by atoms with Gasteiger partial charge in [-0.1, -0.05) is 0 Å². The second-order valence-corrected chi connectivity index (χ2v) is 4.53. The summed E-state index contributed by atoms with van der Waals surface area (Å²) in [5.74, 6) is 4.93. The summed E-state index contributed by atoms with van der Waals surface area (Å²) in [6.45, 7) is 0.980. The van der Waals surface area contributed by atoms with Crippen LogP contribution in [0.5, 0.6) is 0 Å². The molecule has 90 valence electrons. The molecule has 4 nitrogen and oxygen atoms in total. The number of amidine groups is 1. The number of nitrogens with one attached hydrogen (secondary N) is 1. The largest absolute Gasteiger partial charge is 0.408 e. The third-order valence-corrected chi connectivity index (χ3v) is 3.21. The van der Waals surface area contributed by atoms with E-state index in [0.717, 1.165) is 18.3 Å². The highest BCUT2D eigenvalue weighted by Crippen LogP contribution is 2.21. The molecule has 16 heavy (non-hydrogen) atoms. The van der Waals surface area contributed by atoms with E-state index in [9.17, 15) is 13.2 Å². The molecule has 0 aliphatic carbocycles. The van der Waals surface area contributed by atoms with Gasteiger partial charge in [-0.2, -0.15) is 18.3 Å². The first-order valence-electron chi connectivity index (χ1n) is 4.07. The van der Waals surface area contributed by atoms with Crippen LogP contribution in [0.15, 0.2) is 15.1 Å². The van der Waals surface area contributed by atoms with Gasteiger partial charge in [0, 0.05) is 5.38 Å². The molecule has 0 saturated heterocycles. The number of thiazole rings is 1. The summed E-state index contributed by atoms with van der Waals surface area (Å²) in [6.07, 6.45) is -4.36. The van der Waals surface area contributed by atoms with Crippen molar-refractivity contribution in [2.75, 3.05) is 0 Å². The highest BCUT2D eigenvalue weighted by atomic mass is 79.9. The molecule has 0 aliphatic rings. The maximum atomic E-state index is 12.3. The lowest BCUT2D eigenvalue weighted by Crippen LogP contribution is -2.43. The second-order valence-electron chi connectivity index (χ2n) is 2.86. The van der Waals surface area contributed by atoms with E-state index >= 15 is 0 Å². The summed E-state index contributed by atoms with van der Waals surface area (Å²) in [6, 6.07) is -1.74. The van der Waals surface area contributed by atoms with Crippen molar-refractivity contribution in [1.29, 1.82) is 0 Å². The molecule has 1 aromatic heterocycles. The zero-order valence-electron chi connectivity index (χ0n) is 8.05. The first-order chi connectivity index (χ1) is 7.34. The molecule has 1 aromatic rings. The quantitative estimate of drug-likeness (QED) is 0.380. The average molecular weight is 317 g/mol. The van der Waals surface area contributed by atoms with Crippen molar-refractivity contribution < 1.29 is 13.2 Å². The lowest BCUT2D eigenvalue weighted by Gasteiger charge is -2.17. The minimum absolute atomic E-state index is 0.0828.